The molecule has 0 aliphatic rings. The molecular weight excluding hydrogens is 290 g/mol. The van der Waals surface area contributed by atoms with Crippen LogP contribution in [0.25, 0.3) is 6.08 Å². The third kappa shape index (κ3) is 14.8. The molecular formula is C15H25NO4S. The van der Waals surface area contributed by atoms with E-state index in [1.807, 2.05) is 12.1 Å². The number of ether oxygens (including phenoxy) is 1. The van der Waals surface area contributed by atoms with Gasteiger partial charge in [0.05, 0.1) is 44.9 Å². The van der Waals surface area contributed by atoms with Gasteiger partial charge in [0.25, 0.3) is 0 Å². The van der Waals surface area contributed by atoms with Crippen molar-refractivity contribution >= 4 is 16.2 Å². The van der Waals surface area contributed by atoms with Crippen molar-refractivity contribution in [3.05, 3.63) is 36.4 Å². The van der Waals surface area contributed by atoms with Crippen LogP contribution in [0.15, 0.2) is 30.8 Å². The molecule has 1 aromatic rings. The third-order valence-corrected chi connectivity index (χ3v) is 2.71. The molecule has 0 aliphatic carbocycles. The maximum absolute atomic E-state index is 10.3. The lowest BCUT2D eigenvalue weighted by Crippen LogP contribution is -2.27. The first-order valence-corrected chi connectivity index (χ1v) is 8.17. The predicted octanol–water partition coefficient (Wildman–Crippen LogP) is 1.97. The van der Waals surface area contributed by atoms with Crippen molar-refractivity contribution in [2.24, 2.45) is 0 Å². The summed E-state index contributed by atoms with van der Waals surface area (Å²) in [5.41, 5.74) is 0.981. The van der Waals surface area contributed by atoms with E-state index in [0.717, 1.165) is 10.0 Å². The summed E-state index contributed by atoms with van der Waals surface area (Å²) in [5, 5.41) is 0. The Kier molecular flexibility index (Phi) is 8.24. The van der Waals surface area contributed by atoms with Gasteiger partial charge in [-0.1, -0.05) is 24.8 Å². The summed E-state index contributed by atoms with van der Waals surface area (Å²) in [7, 11) is 4.37. The molecule has 120 valence electrons. The molecule has 1 rings (SSSR count). The monoisotopic (exact) mass is 315 g/mol. The summed E-state index contributed by atoms with van der Waals surface area (Å²) in [5.74, 6) is 0.256. The number of hydrogen-bond donors (Lipinski definition) is 0. The number of nitrogens with zero attached hydrogens (tertiary/aromatic N) is 1. The molecule has 0 unspecified atom stereocenters. The van der Waals surface area contributed by atoms with Crippen LogP contribution in [0.3, 0.4) is 0 Å². The Labute approximate surface area is 128 Å². The van der Waals surface area contributed by atoms with Gasteiger partial charge in [0.1, 0.15) is 5.75 Å². The average molecular weight is 315 g/mol. The van der Waals surface area contributed by atoms with Gasteiger partial charge in [-0.2, -0.15) is 0 Å². The molecule has 5 nitrogen and oxygen atoms in total. The highest BCUT2D eigenvalue weighted by Crippen LogP contribution is 2.12. The second kappa shape index (κ2) is 8.81. The van der Waals surface area contributed by atoms with Crippen molar-refractivity contribution < 1.29 is 22.2 Å². The highest BCUT2D eigenvalue weighted by atomic mass is 32.2. The average Bonchev–Trinajstić information content (AvgIpc) is 2.32. The minimum absolute atomic E-state index is 0.203. The molecule has 0 atom stereocenters. The zero-order valence-corrected chi connectivity index (χ0v) is 14.0. The Morgan fingerprint density at radius 3 is 2.05 bits per heavy atom. The fourth-order valence-corrected chi connectivity index (χ4v) is 1.60. The molecule has 0 N–H and O–H groups in total. The zero-order valence-electron chi connectivity index (χ0n) is 13.2. The lowest BCUT2D eigenvalue weighted by atomic mass is 10.2. The van der Waals surface area contributed by atoms with Crippen molar-refractivity contribution in [2.45, 2.75) is 6.42 Å². The van der Waals surface area contributed by atoms with E-state index in [1.165, 1.54) is 0 Å². The van der Waals surface area contributed by atoms with Crippen molar-refractivity contribution in [1.82, 2.24) is 0 Å². The van der Waals surface area contributed by atoms with Gasteiger partial charge in [-0.05, 0) is 24.1 Å². The number of rotatable bonds is 6. The van der Waals surface area contributed by atoms with Gasteiger partial charge in [0.2, 0.25) is 0 Å². The summed E-state index contributed by atoms with van der Waals surface area (Å²) in [6, 6.07) is 7.21. The van der Waals surface area contributed by atoms with E-state index in [4.69, 9.17) is 4.74 Å². The van der Waals surface area contributed by atoms with E-state index >= 15 is 0 Å². The van der Waals surface area contributed by atoms with Crippen LogP contribution < -0.4 is 4.74 Å². The van der Waals surface area contributed by atoms with Crippen LogP contribution in [0.2, 0.25) is 0 Å². The van der Waals surface area contributed by atoms with Crippen LogP contribution in [0, 0.1) is 0 Å². The number of benzene rings is 1. The molecule has 0 amide bonds. The quantitative estimate of drug-likeness (QED) is 0.457. The van der Waals surface area contributed by atoms with Gasteiger partial charge < -0.3 is 13.8 Å². The molecule has 0 spiro atoms. The van der Waals surface area contributed by atoms with E-state index in [1.54, 1.807) is 18.2 Å². The molecule has 0 saturated carbocycles. The largest absolute Gasteiger partial charge is 0.748 e. The summed E-state index contributed by atoms with van der Waals surface area (Å²) < 4.78 is 37.2. The van der Waals surface area contributed by atoms with Gasteiger partial charge in [-0.25, -0.2) is 8.42 Å². The molecule has 0 bridgehead atoms. The van der Waals surface area contributed by atoms with E-state index in [0.29, 0.717) is 5.75 Å². The molecule has 0 radical (unpaired) electrons. The van der Waals surface area contributed by atoms with E-state index in [-0.39, 0.29) is 13.0 Å². The van der Waals surface area contributed by atoms with Crippen molar-refractivity contribution in [2.75, 3.05) is 40.6 Å². The Morgan fingerprint density at radius 1 is 1.19 bits per heavy atom. The minimum Gasteiger partial charge on any atom is -0.748 e. The maximum Gasteiger partial charge on any atom is 0.119 e. The number of hydrogen-bond acceptors (Lipinski definition) is 4. The lowest BCUT2D eigenvalue weighted by Gasteiger charge is -2.14. The van der Waals surface area contributed by atoms with E-state index in [9.17, 15) is 13.0 Å². The normalized spacial score (nSPS) is 11.3. The van der Waals surface area contributed by atoms with Gasteiger partial charge >= 0.3 is 0 Å². The van der Waals surface area contributed by atoms with E-state index in [2.05, 4.69) is 34.8 Å². The molecule has 0 fully saturated rings. The summed E-state index contributed by atoms with van der Waals surface area (Å²) in [6.07, 6.45) is 1.92. The molecule has 0 aliphatic heterocycles. The lowest BCUT2D eigenvalue weighted by molar-refractivity contribution is -0.849. The predicted molar refractivity (Wildman–Crippen MR) is 85.2 cm³/mol. The van der Waals surface area contributed by atoms with E-state index < -0.39 is 15.9 Å². The molecule has 0 aromatic heterocycles. The van der Waals surface area contributed by atoms with Crippen LogP contribution >= 0.6 is 0 Å². The minimum atomic E-state index is -4.13. The Hall–Kier alpha value is -1.37. The maximum atomic E-state index is 10.3. The molecule has 1 aromatic carbocycles. The Morgan fingerprint density at radius 2 is 1.67 bits per heavy atom. The first-order chi connectivity index (χ1) is 9.51. The molecule has 21 heavy (non-hydrogen) atoms. The SMILES string of the molecule is C=Cc1ccc(OCCCS(=O)(=O)[O-])cc1.C[N+](C)(C)C. The van der Waals surface area contributed by atoms with Crippen LogP contribution in [-0.2, 0) is 10.1 Å². The molecule has 6 heteroatoms. The number of quaternary nitrogens is 1. The smallest absolute Gasteiger partial charge is 0.119 e. The van der Waals surface area contributed by atoms with Crippen LogP contribution in [0.4, 0.5) is 0 Å². The van der Waals surface area contributed by atoms with Crippen LogP contribution in [-0.4, -0.2) is 58.0 Å². The summed E-state index contributed by atoms with van der Waals surface area (Å²) in [6.45, 7) is 3.84. The topological polar surface area (TPSA) is 66.4 Å². The van der Waals surface area contributed by atoms with Crippen LogP contribution in [0.5, 0.6) is 5.75 Å². The first kappa shape index (κ1) is 19.6. The molecule has 0 heterocycles. The third-order valence-electron chi connectivity index (χ3n) is 1.92. The summed E-state index contributed by atoms with van der Waals surface area (Å²) >= 11 is 0. The highest BCUT2D eigenvalue weighted by Gasteiger charge is 1.97. The summed E-state index contributed by atoms with van der Waals surface area (Å²) in [4.78, 5) is 0. The standard InChI is InChI=1S/C11H14O4S.C4H12N/c1-2-10-4-6-11(7-5-10)15-8-3-9-16(12,13)14;1-5(2,3)4/h2,4-7H,1,3,8-9H2,(H,12,13,14);1-4H3/q;+1/p-1. The fourth-order valence-electron chi connectivity index (χ4n) is 1.13. The van der Waals surface area contributed by atoms with Crippen molar-refractivity contribution in [3.63, 3.8) is 0 Å². The van der Waals surface area contributed by atoms with Crippen LogP contribution in [0.1, 0.15) is 12.0 Å². The Balaban J connectivity index is 0.000000690. The van der Waals surface area contributed by atoms with Crippen molar-refractivity contribution in [3.8, 4) is 5.75 Å². The van der Waals surface area contributed by atoms with Gasteiger partial charge in [0, 0.05) is 5.75 Å². The zero-order chi connectivity index (χ0) is 16.5. The highest BCUT2D eigenvalue weighted by molar-refractivity contribution is 7.85. The molecule has 0 saturated heterocycles. The fraction of sp³-hybridized carbons (Fsp3) is 0.467. The van der Waals surface area contributed by atoms with Gasteiger partial charge in [0.15, 0.2) is 0 Å². The first-order valence-electron chi connectivity index (χ1n) is 6.59. The second-order valence-corrected chi connectivity index (χ2v) is 7.44. The van der Waals surface area contributed by atoms with Gasteiger partial charge in [-0.3, -0.25) is 0 Å². The van der Waals surface area contributed by atoms with Gasteiger partial charge in [-0.15, -0.1) is 0 Å². The van der Waals surface area contributed by atoms with Crippen molar-refractivity contribution in [1.29, 1.82) is 0 Å². The Bertz CT molecular complexity index is 510. The second-order valence-electron chi connectivity index (χ2n) is 5.92.